The van der Waals surface area contributed by atoms with Crippen molar-refractivity contribution in [2.45, 2.75) is 51.8 Å². The molecule has 154 valence electrons. The maximum absolute atomic E-state index is 13.4. The summed E-state index contributed by atoms with van der Waals surface area (Å²) in [4.78, 5) is 24.9. The third-order valence-corrected chi connectivity index (χ3v) is 5.96. The molecule has 0 amide bonds. The second kappa shape index (κ2) is 8.28. The Labute approximate surface area is 176 Å². The number of halogens is 1. The van der Waals surface area contributed by atoms with E-state index in [-0.39, 0.29) is 24.2 Å². The maximum atomic E-state index is 13.4. The molecule has 2 aromatic heterocycles. The summed E-state index contributed by atoms with van der Waals surface area (Å²) in [6, 6.07) is 5.89. The third-order valence-electron chi connectivity index (χ3n) is 5.47. The number of pyridine rings is 1. The molecule has 1 unspecified atom stereocenters. The van der Waals surface area contributed by atoms with Crippen molar-refractivity contribution in [2.24, 2.45) is 0 Å². The van der Waals surface area contributed by atoms with E-state index in [1.807, 2.05) is 29.8 Å². The summed E-state index contributed by atoms with van der Waals surface area (Å²) in [7, 11) is 1.37. The Bertz CT molecular complexity index is 1130. The molecule has 1 aliphatic rings. The van der Waals surface area contributed by atoms with Crippen LogP contribution in [0.2, 0.25) is 0 Å². The molecule has 1 atom stereocenters. The molecule has 0 bridgehead atoms. The van der Waals surface area contributed by atoms with E-state index in [0.29, 0.717) is 30.7 Å². The van der Waals surface area contributed by atoms with Crippen molar-refractivity contribution in [3.05, 3.63) is 38.7 Å². The summed E-state index contributed by atoms with van der Waals surface area (Å²) in [6.45, 7) is 3.01. The molecule has 3 aromatic rings. The van der Waals surface area contributed by atoms with Gasteiger partial charge in [-0.25, -0.2) is 4.68 Å². The lowest BCUT2D eigenvalue weighted by atomic mass is 10.1. The van der Waals surface area contributed by atoms with Gasteiger partial charge in [-0.1, -0.05) is 15.9 Å². The zero-order valence-corrected chi connectivity index (χ0v) is 18.2. The number of ether oxygens (including phenoxy) is 2. The summed E-state index contributed by atoms with van der Waals surface area (Å²) in [6.07, 6.45) is 3.66. The summed E-state index contributed by atoms with van der Waals surface area (Å²) in [5, 5.41) is 6.27. The van der Waals surface area contributed by atoms with Gasteiger partial charge in [-0.2, -0.15) is 5.10 Å². The Kier molecular flexibility index (Phi) is 5.74. The Hall–Kier alpha value is -2.19. The van der Waals surface area contributed by atoms with Crippen LogP contribution in [0.15, 0.2) is 27.5 Å². The third kappa shape index (κ3) is 3.71. The van der Waals surface area contributed by atoms with Gasteiger partial charge in [0.2, 0.25) is 0 Å². The van der Waals surface area contributed by atoms with Gasteiger partial charge in [-0.05, 0) is 50.8 Å². The van der Waals surface area contributed by atoms with E-state index < -0.39 is 0 Å². The number of benzene rings is 1. The van der Waals surface area contributed by atoms with Crippen LogP contribution in [0.1, 0.15) is 44.0 Å². The SMILES string of the molecule is COC(=O)CCCn1c(=O)c2c(C)nn(C3CCCCO3)c2c2cc(Br)ccc21. The highest BCUT2D eigenvalue weighted by molar-refractivity contribution is 9.10. The zero-order valence-electron chi connectivity index (χ0n) is 16.6. The molecule has 4 rings (SSSR count). The predicted octanol–water partition coefficient (Wildman–Crippen LogP) is 4.07. The maximum Gasteiger partial charge on any atom is 0.305 e. The van der Waals surface area contributed by atoms with Gasteiger partial charge in [0, 0.05) is 29.4 Å². The van der Waals surface area contributed by atoms with Crippen molar-refractivity contribution >= 4 is 43.7 Å². The number of carbonyl (C=O) groups is 1. The average molecular weight is 462 g/mol. The number of fused-ring (bicyclic) bond motifs is 3. The van der Waals surface area contributed by atoms with Gasteiger partial charge < -0.3 is 14.0 Å². The van der Waals surface area contributed by atoms with Crippen molar-refractivity contribution in [2.75, 3.05) is 13.7 Å². The van der Waals surface area contributed by atoms with E-state index in [1.54, 1.807) is 4.57 Å². The fraction of sp³-hybridized carbons (Fsp3) is 0.476. The zero-order chi connectivity index (χ0) is 20.5. The number of hydrogen-bond donors (Lipinski definition) is 0. The van der Waals surface area contributed by atoms with Crippen molar-refractivity contribution in [3.63, 3.8) is 0 Å². The van der Waals surface area contributed by atoms with Crippen LogP contribution in [0.25, 0.3) is 21.8 Å². The lowest BCUT2D eigenvalue weighted by molar-refractivity contribution is -0.140. The standard InChI is InChI=1S/C21H24BrN3O4/c1-13-19-20(25(23-13)17-6-3-4-11-29-17)15-12-14(22)8-9-16(15)24(21(19)27)10-5-7-18(26)28-2/h8-9,12,17H,3-7,10-11H2,1-2H3. The lowest BCUT2D eigenvalue weighted by Gasteiger charge is -2.24. The van der Waals surface area contributed by atoms with E-state index in [9.17, 15) is 9.59 Å². The second-order valence-corrected chi connectivity index (χ2v) is 8.29. The summed E-state index contributed by atoms with van der Waals surface area (Å²) < 4.78 is 15.3. The van der Waals surface area contributed by atoms with Crippen molar-refractivity contribution < 1.29 is 14.3 Å². The molecular formula is C21H24BrN3O4. The molecule has 1 aromatic carbocycles. The fourth-order valence-electron chi connectivity index (χ4n) is 4.07. The van der Waals surface area contributed by atoms with Crippen LogP contribution in [0.4, 0.5) is 0 Å². The van der Waals surface area contributed by atoms with E-state index in [0.717, 1.165) is 40.2 Å². The first-order valence-electron chi connectivity index (χ1n) is 9.90. The molecule has 3 heterocycles. The minimum Gasteiger partial charge on any atom is -0.469 e. The minimum atomic E-state index is -0.273. The molecule has 0 aliphatic carbocycles. The van der Waals surface area contributed by atoms with E-state index in [4.69, 9.17) is 14.6 Å². The highest BCUT2D eigenvalue weighted by Crippen LogP contribution is 2.32. The molecular weight excluding hydrogens is 438 g/mol. The number of aryl methyl sites for hydroxylation is 2. The Morgan fingerprint density at radius 1 is 1.38 bits per heavy atom. The van der Waals surface area contributed by atoms with Crippen LogP contribution < -0.4 is 5.56 Å². The van der Waals surface area contributed by atoms with Crippen LogP contribution >= 0.6 is 15.9 Å². The smallest absolute Gasteiger partial charge is 0.305 e. The van der Waals surface area contributed by atoms with E-state index in [2.05, 4.69) is 15.9 Å². The fourth-order valence-corrected chi connectivity index (χ4v) is 4.43. The number of esters is 1. The monoisotopic (exact) mass is 461 g/mol. The summed E-state index contributed by atoms with van der Waals surface area (Å²) in [5.74, 6) is -0.273. The van der Waals surface area contributed by atoms with Crippen molar-refractivity contribution in [3.8, 4) is 0 Å². The van der Waals surface area contributed by atoms with Crippen molar-refractivity contribution in [1.29, 1.82) is 0 Å². The van der Waals surface area contributed by atoms with Crippen molar-refractivity contribution in [1.82, 2.24) is 14.3 Å². The number of aromatic nitrogens is 3. The Morgan fingerprint density at radius 3 is 2.93 bits per heavy atom. The number of carbonyl (C=O) groups excluding carboxylic acids is 1. The quantitative estimate of drug-likeness (QED) is 0.535. The molecule has 8 heteroatoms. The Balaban J connectivity index is 1.91. The van der Waals surface area contributed by atoms with Gasteiger partial charge in [0.05, 0.1) is 29.2 Å². The van der Waals surface area contributed by atoms with Gasteiger partial charge in [-0.3, -0.25) is 9.59 Å². The molecule has 1 saturated heterocycles. The first-order valence-corrected chi connectivity index (χ1v) is 10.7. The van der Waals surface area contributed by atoms with E-state index >= 15 is 0 Å². The molecule has 0 N–H and O–H groups in total. The number of nitrogens with zero attached hydrogens (tertiary/aromatic N) is 3. The molecule has 7 nitrogen and oxygen atoms in total. The largest absolute Gasteiger partial charge is 0.469 e. The molecule has 29 heavy (non-hydrogen) atoms. The van der Waals surface area contributed by atoms with Crippen LogP contribution in [-0.4, -0.2) is 34.0 Å². The summed E-state index contributed by atoms with van der Waals surface area (Å²) >= 11 is 3.56. The Morgan fingerprint density at radius 2 is 2.21 bits per heavy atom. The lowest BCUT2D eigenvalue weighted by Crippen LogP contribution is -2.23. The predicted molar refractivity (Wildman–Crippen MR) is 114 cm³/mol. The first-order chi connectivity index (χ1) is 14.0. The van der Waals surface area contributed by atoms with Gasteiger partial charge in [0.15, 0.2) is 6.23 Å². The first kappa shape index (κ1) is 20.1. The van der Waals surface area contributed by atoms with Crippen LogP contribution in [0.5, 0.6) is 0 Å². The minimum absolute atomic E-state index is 0.0840. The molecule has 0 radical (unpaired) electrons. The van der Waals surface area contributed by atoms with Crippen LogP contribution in [-0.2, 0) is 20.8 Å². The average Bonchev–Trinajstić information content (AvgIpc) is 3.08. The van der Waals surface area contributed by atoms with Gasteiger partial charge in [0.1, 0.15) is 0 Å². The number of hydrogen-bond acceptors (Lipinski definition) is 5. The van der Waals surface area contributed by atoms with Gasteiger partial charge in [0.25, 0.3) is 5.56 Å². The molecule has 0 saturated carbocycles. The van der Waals surface area contributed by atoms with Gasteiger partial charge >= 0.3 is 5.97 Å². The molecule has 0 spiro atoms. The molecule has 1 aliphatic heterocycles. The molecule has 1 fully saturated rings. The summed E-state index contributed by atoms with van der Waals surface area (Å²) in [5.41, 5.74) is 2.26. The topological polar surface area (TPSA) is 75.4 Å². The van der Waals surface area contributed by atoms with Crippen LogP contribution in [0.3, 0.4) is 0 Å². The second-order valence-electron chi connectivity index (χ2n) is 7.37. The highest BCUT2D eigenvalue weighted by Gasteiger charge is 2.24. The van der Waals surface area contributed by atoms with Gasteiger partial charge in [-0.15, -0.1) is 0 Å². The van der Waals surface area contributed by atoms with Crippen LogP contribution in [0, 0.1) is 6.92 Å². The highest BCUT2D eigenvalue weighted by atomic mass is 79.9. The van der Waals surface area contributed by atoms with E-state index in [1.165, 1.54) is 7.11 Å². The number of rotatable bonds is 5. The normalized spacial score (nSPS) is 17.1. The number of methoxy groups -OCH3 is 1.